The number of piperidine rings is 1. The van der Waals surface area contributed by atoms with E-state index in [1.807, 2.05) is 24.3 Å². The summed E-state index contributed by atoms with van der Waals surface area (Å²) in [6.45, 7) is 1.31. The Morgan fingerprint density at radius 1 is 1.31 bits per heavy atom. The fraction of sp³-hybridized carbons (Fsp3) is 0.611. The number of carbonyl (C=O) groups is 1. The highest BCUT2D eigenvalue weighted by Crippen LogP contribution is 2.20. The van der Waals surface area contributed by atoms with Crippen LogP contribution in [0.5, 0.6) is 5.75 Å². The number of aryl methyl sites for hydroxylation is 1. The van der Waals surface area contributed by atoms with Crippen molar-refractivity contribution in [1.29, 1.82) is 0 Å². The molecule has 1 atom stereocenters. The number of methoxy groups -OCH3 is 1. The predicted octanol–water partition coefficient (Wildman–Crippen LogP) is 1.26. The van der Waals surface area contributed by atoms with Crippen LogP contribution in [0.2, 0.25) is 0 Å². The monoisotopic (exact) mass is 383 g/mol. The van der Waals surface area contributed by atoms with E-state index >= 15 is 0 Å². The van der Waals surface area contributed by atoms with Gasteiger partial charge in [-0.25, -0.2) is 0 Å². The minimum absolute atomic E-state index is 0.0570. The summed E-state index contributed by atoms with van der Waals surface area (Å²) in [6.07, 6.45) is 3.14. The second-order valence-corrected chi connectivity index (χ2v) is 8.87. The molecule has 0 bridgehead atoms. The molecule has 7 nitrogen and oxygen atoms in total. The van der Waals surface area contributed by atoms with Gasteiger partial charge in [0.05, 0.1) is 13.0 Å². The lowest BCUT2D eigenvalue weighted by molar-refractivity contribution is -0.126. The van der Waals surface area contributed by atoms with Gasteiger partial charge in [-0.3, -0.25) is 4.79 Å². The molecule has 0 spiro atoms. The van der Waals surface area contributed by atoms with Gasteiger partial charge in [-0.2, -0.15) is 17.0 Å². The first-order chi connectivity index (χ1) is 12.3. The summed E-state index contributed by atoms with van der Waals surface area (Å²) in [5.74, 6) is 0.495. The second kappa shape index (κ2) is 9.34. The standard InChI is InChI=1S/C18H29N3O4S/c1-20(2)26(23,24)21-13-5-7-16(14-21)18(22)19-12-4-6-15-8-10-17(25-3)11-9-15/h8-11,16H,4-7,12-14H2,1-3H3,(H,19,22)/t16-/m0/s1. The zero-order valence-corrected chi connectivity index (χ0v) is 16.6. The van der Waals surface area contributed by atoms with E-state index in [0.29, 0.717) is 19.5 Å². The summed E-state index contributed by atoms with van der Waals surface area (Å²) >= 11 is 0. The van der Waals surface area contributed by atoms with Crippen molar-refractivity contribution in [3.8, 4) is 5.75 Å². The number of hydrogen-bond donors (Lipinski definition) is 1. The molecule has 0 aromatic heterocycles. The van der Waals surface area contributed by atoms with Gasteiger partial charge < -0.3 is 10.1 Å². The fourth-order valence-electron chi connectivity index (χ4n) is 3.04. The molecule has 2 rings (SSSR count). The Labute approximate surface area is 156 Å². The minimum Gasteiger partial charge on any atom is -0.497 e. The molecule has 1 fully saturated rings. The number of hydrogen-bond acceptors (Lipinski definition) is 4. The van der Waals surface area contributed by atoms with Crippen molar-refractivity contribution in [2.45, 2.75) is 25.7 Å². The van der Waals surface area contributed by atoms with E-state index < -0.39 is 10.2 Å². The van der Waals surface area contributed by atoms with Crippen LogP contribution in [0.4, 0.5) is 0 Å². The van der Waals surface area contributed by atoms with Crippen molar-refractivity contribution in [1.82, 2.24) is 13.9 Å². The maximum atomic E-state index is 12.4. The molecule has 8 heteroatoms. The zero-order chi connectivity index (χ0) is 19.2. The highest BCUT2D eigenvalue weighted by Gasteiger charge is 2.33. The Bertz CT molecular complexity index is 689. The lowest BCUT2D eigenvalue weighted by Crippen LogP contribution is -2.48. The third-order valence-corrected chi connectivity index (χ3v) is 6.55. The molecule has 0 radical (unpaired) electrons. The van der Waals surface area contributed by atoms with Gasteiger partial charge in [0.15, 0.2) is 0 Å². The molecule has 1 aliphatic heterocycles. The van der Waals surface area contributed by atoms with E-state index in [2.05, 4.69) is 5.32 Å². The van der Waals surface area contributed by atoms with Crippen LogP contribution in [0, 0.1) is 5.92 Å². The van der Waals surface area contributed by atoms with Gasteiger partial charge in [0, 0.05) is 33.7 Å². The van der Waals surface area contributed by atoms with E-state index in [1.165, 1.54) is 28.3 Å². The molecular weight excluding hydrogens is 354 g/mol. The Balaban J connectivity index is 1.76. The largest absolute Gasteiger partial charge is 0.497 e. The van der Waals surface area contributed by atoms with Crippen LogP contribution in [-0.2, 0) is 21.4 Å². The van der Waals surface area contributed by atoms with Gasteiger partial charge >= 0.3 is 0 Å². The van der Waals surface area contributed by atoms with Crippen LogP contribution >= 0.6 is 0 Å². The fourth-order valence-corrected chi connectivity index (χ4v) is 4.23. The van der Waals surface area contributed by atoms with E-state index in [9.17, 15) is 13.2 Å². The summed E-state index contributed by atoms with van der Waals surface area (Å²) in [5.41, 5.74) is 1.20. The first-order valence-electron chi connectivity index (χ1n) is 8.93. The lowest BCUT2D eigenvalue weighted by atomic mass is 9.99. The SMILES string of the molecule is COc1ccc(CCCNC(=O)[C@H]2CCCN(S(=O)(=O)N(C)C)C2)cc1. The van der Waals surface area contributed by atoms with Crippen LogP contribution in [0.1, 0.15) is 24.8 Å². The normalized spacial score (nSPS) is 18.7. The highest BCUT2D eigenvalue weighted by molar-refractivity contribution is 7.86. The number of nitrogens with one attached hydrogen (secondary N) is 1. The third-order valence-electron chi connectivity index (χ3n) is 4.64. The van der Waals surface area contributed by atoms with E-state index in [0.717, 1.165) is 25.0 Å². The van der Waals surface area contributed by atoms with Gasteiger partial charge in [0.1, 0.15) is 5.75 Å². The number of rotatable bonds is 8. The Kier molecular flexibility index (Phi) is 7.43. The molecule has 1 aromatic rings. The Hall–Kier alpha value is -1.64. The summed E-state index contributed by atoms with van der Waals surface area (Å²) in [6, 6.07) is 7.89. The number of carbonyl (C=O) groups excluding carboxylic acids is 1. The van der Waals surface area contributed by atoms with Crippen molar-refractivity contribution >= 4 is 16.1 Å². The summed E-state index contributed by atoms with van der Waals surface area (Å²) in [4.78, 5) is 12.4. The number of nitrogens with zero attached hydrogens (tertiary/aromatic N) is 2. The molecular formula is C18H29N3O4S. The molecule has 1 saturated heterocycles. The number of benzene rings is 1. The maximum Gasteiger partial charge on any atom is 0.281 e. The second-order valence-electron chi connectivity index (χ2n) is 6.73. The third kappa shape index (κ3) is 5.43. The van der Waals surface area contributed by atoms with E-state index in [-0.39, 0.29) is 18.4 Å². The van der Waals surface area contributed by atoms with Crippen molar-refractivity contribution in [2.24, 2.45) is 5.92 Å². The van der Waals surface area contributed by atoms with E-state index in [4.69, 9.17) is 4.74 Å². The topological polar surface area (TPSA) is 79.0 Å². The average molecular weight is 384 g/mol. The van der Waals surface area contributed by atoms with Crippen LogP contribution in [-0.4, -0.2) is 63.8 Å². The van der Waals surface area contributed by atoms with Crippen molar-refractivity contribution in [3.63, 3.8) is 0 Å². The van der Waals surface area contributed by atoms with Gasteiger partial charge in [0.2, 0.25) is 5.91 Å². The molecule has 146 valence electrons. The Morgan fingerprint density at radius 2 is 2.00 bits per heavy atom. The minimum atomic E-state index is -3.46. The smallest absolute Gasteiger partial charge is 0.281 e. The van der Waals surface area contributed by atoms with Gasteiger partial charge in [-0.1, -0.05) is 12.1 Å². The molecule has 0 aliphatic carbocycles. The molecule has 26 heavy (non-hydrogen) atoms. The molecule has 0 saturated carbocycles. The first-order valence-corrected chi connectivity index (χ1v) is 10.3. The molecule has 1 N–H and O–H groups in total. The summed E-state index contributed by atoms with van der Waals surface area (Å²) < 4.78 is 32.2. The number of ether oxygens (including phenoxy) is 1. The first kappa shape index (κ1) is 20.7. The molecule has 1 aromatic carbocycles. The van der Waals surface area contributed by atoms with Gasteiger partial charge in [-0.15, -0.1) is 0 Å². The summed E-state index contributed by atoms with van der Waals surface area (Å²) in [7, 11) is 1.21. The maximum absolute atomic E-state index is 12.4. The molecule has 1 aliphatic rings. The van der Waals surface area contributed by atoms with Crippen molar-refractivity contribution < 1.29 is 17.9 Å². The van der Waals surface area contributed by atoms with Gasteiger partial charge in [0.25, 0.3) is 10.2 Å². The predicted molar refractivity (Wildman–Crippen MR) is 101 cm³/mol. The average Bonchev–Trinajstić information content (AvgIpc) is 2.65. The molecule has 0 unspecified atom stereocenters. The van der Waals surface area contributed by atoms with Crippen LogP contribution in [0.15, 0.2) is 24.3 Å². The zero-order valence-electron chi connectivity index (χ0n) is 15.8. The van der Waals surface area contributed by atoms with Crippen LogP contribution < -0.4 is 10.1 Å². The lowest BCUT2D eigenvalue weighted by Gasteiger charge is -2.32. The summed E-state index contributed by atoms with van der Waals surface area (Å²) in [5, 5.41) is 2.95. The van der Waals surface area contributed by atoms with Crippen molar-refractivity contribution in [2.75, 3.05) is 40.8 Å². The highest BCUT2D eigenvalue weighted by atomic mass is 32.2. The van der Waals surface area contributed by atoms with Crippen LogP contribution in [0.25, 0.3) is 0 Å². The molecule has 1 heterocycles. The van der Waals surface area contributed by atoms with Crippen LogP contribution in [0.3, 0.4) is 0 Å². The number of amides is 1. The molecule has 1 amide bonds. The van der Waals surface area contributed by atoms with Crippen molar-refractivity contribution in [3.05, 3.63) is 29.8 Å². The van der Waals surface area contributed by atoms with Gasteiger partial charge in [-0.05, 0) is 43.4 Å². The Morgan fingerprint density at radius 3 is 2.62 bits per heavy atom. The quantitative estimate of drug-likeness (QED) is 0.686. The van der Waals surface area contributed by atoms with E-state index in [1.54, 1.807) is 7.11 Å².